The van der Waals surface area contributed by atoms with Crippen LogP contribution in [0.5, 0.6) is 0 Å². The summed E-state index contributed by atoms with van der Waals surface area (Å²) in [6.45, 7) is 0. The van der Waals surface area contributed by atoms with Gasteiger partial charge in [-0.2, -0.15) is 0 Å². The van der Waals surface area contributed by atoms with Gasteiger partial charge in [-0.15, -0.1) is 0 Å². The van der Waals surface area contributed by atoms with E-state index in [-0.39, 0.29) is 5.91 Å². The molecule has 0 saturated heterocycles. The number of amides is 1. The zero-order valence-corrected chi connectivity index (χ0v) is 17.1. The fourth-order valence-electron chi connectivity index (χ4n) is 3.07. The quantitative estimate of drug-likeness (QED) is 0.363. The van der Waals surface area contributed by atoms with E-state index >= 15 is 0 Å². The van der Waals surface area contributed by atoms with Gasteiger partial charge in [0.1, 0.15) is 0 Å². The molecule has 0 bridgehead atoms. The number of hydrogen-bond acceptors (Lipinski definition) is 8. The van der Waals surface area contributed by atoms with Crippen LogP contribution in [-0.2, 0) is 9.05 Å². The second-order valence-electron chi connectivity index (χ2n) is 6.84. The second-order valence-corrected chi connectivity index (χ2v) is 9.74. The fourth-order valence-corrected chi connectivity index (χ4v) is 5.31. The Morgan fingerprint density at radius 1 is 0.710 bits per heavy atom. The molecule has 2 aliphatic rings. The fraction of sp³-hybridized carbons (Fsp3) is 0. The molecule has 5 rings (SSSR count). The Kier molecular flexibility index (Phi) is 4.54. The van der Waals surface area contributed by atoms with Crippen LogP contribution >= 0.6 is 7.51 Å². The van der Waals surface area contributed by atoms with Crippen LogP contribution in [0.3, 0.4) is 0 Å². The molecular weight excluding hydrogens is 415 g/mol. The molecule has 0 radical (unpaired) electrons. The van der Waals surface area contributed by atoms with E-state index in [0.29, 0.717) is 17.4 Å². The van der Waals surface area contributed by atoms with Crippen LogP contribution in [0.2, 0.25) is 0 Å². The molecule has 0 aliphatic carbocycles. The van der Waals surface area contributed by atoms with E-state index in [1.807, 2.05) is 66.7 Å². The minimum absolute atomic E-state index is 0.303. The maximum absolute atomic E-state index is 12.6. The molecule has 1 amide bonds. The van der Waals surface area contributed by atoms with Crippen molar-refractivity contribution in [3.63, 3.8) is 0 Å². The van der Waals surface area contributed by atoms with Gasteiger partial charge in [0.25, 0.3) is 0 Å². The van der Waals surface area contributed by atoms with E-state index in [1.165, 1.54) is 0 Å². The predicted octanol–water partition coefficient (Wildman–Crippen LogP) is 3.01. The molecule has 2 aliphatic heterocycles. The molecule has 9 nitrogen and oxygen atoms in total. The Morgan fingerprint density at radius 3 is 1.65 bits per heavy atom. The van der Waals surface area contributed by atoms with Gasteiger partial charge in [0.05, 0.1) is 0 Å². The summed E-state index contributed by atoms with van der Waals surface area (Å²) in [4.78, 5) is 12.6. The van der Waals surface area contributed by atoms with Gasteiger partial charge in [0.15, 0.2) is 0 Å². The van der Waals surface area contributed by atoms with Crippen molar-refractivity contribution < 1.29 is 13.8 Å². The number of hydrazone groups is 2. The van der Waals surface area contributed by atoms with Crippen LogP contribution in [-0.4, -0.2) is 17.7 Å². The van der Waals surface area contributed by atoms with E-state index in [4.69, 9.17) is 9.05 Å². The molecule has 2 heterocycles. The van der Waals surface area contributed by atoms with Crippen LogP contribution in [0, 0.1) is 0 Å². The van der Waals surface area contributed by atoms with E-state index in [0.717, 1.165) is 11.1 Å². The number of hydrazine groups is 1. The van der Waals surface area contributed by atoms with Gasteiger partial charge in [0, 0.05) is 0 Å². The minimum atomic E-state index is -4.19. The van der Waals surface area contributed by atoms with Crippen molar-refractivity contribution >= 4 is 25.2 Å². The van der Waals surface area contributed by atoms with Gasteiger partial charge in [0.2, 0.25) is 0 Å². The monoisotopic (exact) mass is 434 g/mol. The van der Waals surface area contributed by atoms with Crippen molar-refractivity contribution in [1.29, 1.82) is 0 Å². The summed E-state index contributed by atoms with van der Waals surface area (Å²) in [6.07, 6.45) is 0. The average molecular weight is 434 g/mol. The first kappa shape index (κ1) is 19.0. The molecule has 31 heavy (non-hydrogen) atoms. The van der Waals surface area contributed by atoms with Crippen molar-refractivity contribution in [2.45, 2.75) is 0 Å². The third-order valence-electron chi connectivity index (χ3n) is 4.64. The number of carbonyl (C=O) groups is 1. The van der Waals surface area contributed by atoms with Crippen molar-refractivity contribution in [3.05, 3.63) is 108 Å². The summed E-state index contributed by atoms with van der Waals surface area (Å²) in [6, 6.07) is 27.5. The summed E-state index contributed by atoms with van der Waals surface area (Å²) in [7, 11) is -4.19. The number of rotatable bonds is 5. The molecular formula is C21H19N6O3P. The summed E-state index contributed by atoms with van der Waals surface area (Å²) in [5.41, 5.74) is 4.61. The zero-order chi connectivity index (χ0) is 21.2. The molecule has 0 fully saturated rings. The molecule has 1 spiro atoms. The molecule has 10 heteroatoms. The molecule has 4 N–H and O–H groups in total. The van der Waals surface area contributed by atoms with Crippen molar-refractivity contribution in [1.82, 2.24) is 21.0 Å². The van der Waals surface area contributed by atoms with Crippen LogP contribution in [0.4, 0.5) is 0 Å². The Bertz CT molecular complexity index is 1110. The van der Waals surface area contributed by atoms with Crippen LogP contribution in [0.25, 0.3) is 0 Å². The molecule has 3 aromatic carbocycles. The Morgan fingerprint density at radius 2 is 1.16 bits per heavy atom. The Labute approximate surface area is 178 Å². The van der Waals surface area contributed by atoms with Crippen LogP contribution in [0.15, 0.2) is 101 Å². The first-order chi connectivity index (χ1) is 15.1. The van der Waals surface area contributed by atoms with Gasteiger partial charge in [-0.3, -0.25) is 0 Å². The molecule has 156 valence electrons. The predicted molar refractivity (Wildman–Crippen MR) is 118 cm³/mol. The first-order valence-electron chi connectivity index (χ1n) is 9.52. The number of hydrogen-bond donors (Lipinski definition) is 4. The number of benzene rings is 3. The van der Waals surface area contributed by atoms with Crippen molar-refractivity contribution in [2.75, 3.05) is 0 Å². The standard InChI is InChI=1S/C21H19N6O3P/c28-19(16-10-4-1-5-11-16)22-25-31(26-23-20(29-31)17-12-6-2-7-13-17)27-24-21(30-31)18-14-8-3-9-15-18/h1-15,25-27H,(H,22,28). The van der Waals surface area contributed by atoms with E-state index in [9.17, 15) is 4.79 Å². The summed E-state index contributed by atoms with van der Waals surface area (Å²) in [5, 5.41) is 17.4. The van der Waals surface area contributed by atoms with E-state index in [1.54, 1.807) is 24.3 Å². The first-order valence-corrected chi connectivity index (χ1v) is 11.6. The van der Waals surface area contributed by atoms with E-state index in [2.05, 4.69) is 31.2 Å². The second kappa shape index (κ2) is 7.39. The van der Waals surface area contributed by atoms with Crippen LogP contribution in [0.1, 0.15) is 21.5 Å². The summed E-state index contributed by atoms with van der Waals surface area (Å²) < 4.78 is 12.4. The topological polar surface area (TPSA) is 108 Å². The average Bonchev–Trinajstić information content (AvgIpc) is 3.42. The number of nitrogens with one attached hydrogen (secondary N) is 4. The molecule has 3 aromatic rings. The zero-order valence-electron chi connectivity index (χ0n) is 16.2. The van der Waals surface area contributed by atoms with Gasteiger partial charge < -0.3 is 0 Å². The third-order valence-corrected chi connectivity index (χ3v) is 7.12. The van der Waals surface area contributed by atoms with Gasteiger partial charge in [-0.1, -0.05) is 0 Å². The van der Waals surface area contributed by atoms with Gasteiger partial charge in [-0.05, 0) is 0 Å². The van der Waals surface area contributed by atoms with Crippen LogP contribution < -0.4 is 21.0 Å². The van der Waals surface area contributed by atoms with E-state index < -0.39 is 7.51 Å². The molecule has 0 saturated carbocycles. The molecule has 0 aromatic heterocycles. The van der Waals surface area contributed by atoms with Crippen molar-refractivity contribution in [2.24, 2.45) is 10.2 Å². The number of nitrogens with zero attached hydrogens (tertiary/aromatic N) is 2. The third kappa shape index (κ3) is 3.56. The summed E-state index contributed by atoms with van der Waals surface area (Å²) in [5.74, 6) is 0.241. The molecule has 0 atom stereocenters. The maximum atomic E-state index is 12.6. The summed E-state index contributed by atoms with van der Waals surface area (Å²) >= 11 is 0. The van der Waals surface area contributed by atoms with Gasteiger partial charge in [-0.25, -0.2) is 0 Å². The van der Waals surface area contributed by atoms with Gasteiger partial charge >= 0.3 is 178 Å². The normalized spacial score (nSPS) is 18.8. The Balaban J connectivity index is 1.43. The SMILES string of the molecule is O=C(NNP12(NN=C(c3ccccc3)O1)NN=C(c1ccccc1)O2)c1ccccc1. The molecule has 0 unspecified atom stereocenters. The van der Waals surface area contributed by atoms with Crippen molar-refractivity contribution in [3.8, 4) is 0 Å². The number of carbonyl (C=O) groups excluding carboxylic acids is 1. The Hall–Kier alpha value is -3.94.